The SMILES string of the molecule is CCCCC(=O)N(CC(=O)N1CCc2sccc2[C@H]1c1ccc(Cl)cc1Cl)C(C)C. The molecule has 0 bridgehead atoms. The Kier molecular flexibility index (Phi) is 7.83. The Labute approximate surface area is 192 Å². The van der Waals surface area contributed by atoms with Crippen LogP contribution in [0.2, 0.25) is 10.0 Å². The van der Waals surface area contributed by atoms with Crippen LogP contribution in [0.15, 0.2) is 29.6 Å². The number of hydrogen-bond acceptors (Lipinski definition) is 3. The maximum absolute atomic E-state index is 13.5. The molecule has 1 aromatic carbocycles. The van der Waals surface area contributed by atoms with Crippen LogP contribution in [0.5, 0.6) is 0 Å². The average Bonchev–Trinajstić information content (AvgIpc) is 3.18. The molecule has 0 fully saturated rings. The van der Waals surface area contributed by atoms with Crippen molar-refractivity contribution in [2.24, 2.45) is 0 Å². The van der Waals surface area contributed by atoms with Crippen LogP contribution in [0, 0.1) is 0 Å². The molecule has 1 aliphatic rings. The van der Waals surface area contributed by atoms with E-state index in [2.05, 4.69) is 18.4 Å². The summed E-state index contributed by atoms with van der Waals surface area (Å²) >= 11 is 14.4. The number of benzene rings is 1. The van der Waals surface area contributed by atoms with Gasteiger partial charge in [0.1, 0.15) is 6.54 Å². The lowest BCUT2D eigenvalue weighted by molar-refractivity contribution is -0.143. The molecule has 0 aliphatic carbocycles. The smallest absolute Gasteiger partial charge is 0.243 e. The normalized spacial score (nSPS) is 15.9. The highest BCUT2D eigenvalue weighted by Crippen LogP contribution is 2.41. The predicted octanol–water partition coefficient (Wildman–Crippen LogP) is 5.96. The van der Waals surface area contributed by atoms with Gasteiger partial charge in [-0.2, -0.15) is 0 Å². The Bertz CT molecular complexity index is 912. The topological polar surface area (TPSA) is 40.6 Å². The number of halogens is 2. The summed E-state index contributed by atoms with van der Waals surface area (Å²) in [6.45, 7) is 6.66. The van der Waals surface area contributed by atoms with Gasteiger partial charge in [-0.25, -0.2) is 0 Å². The quantitative estimate of drug-likeness (QED) is 0.505. The van der Waals surface area contributed by atoms with E-state index >= 15 is 0 Å². The van der Waals surface area contributed by atoms with Crippen LogP contribution in [0.4, 0.5) is 0 Å². The molecule has 2 amide bonds. The van der Waals surface area contributed by atoms with E-state index in [4.69, 9.17) is 23.2 Å². The lowest BCUT2D eigenvalue weighted by Gasteiger charge is -2.38. The first-order valence-corrected chi connectivity index (χ1v) is 12.1. The van der Waals surface area contributed by atoms with E-state index in [1.807, 2.05) is 24.8 Å². The molecule has 0 spiro atoms. The van der Waals surface area contributed by atoms with Crippen molar-refractivity contribution in [3.8, 4) is 0 Å². The number of rotatable bonds is 7. The van der Waals surface area contributed by atoms with Gasteiger partial charge in [0.25, 0.3) is 0 Å². The van der Waals surface area contributed by atoms with Crippen molar-refractivity contribution in [1.82, 2.24) is 9.80 Å². The Balaban J connectivity index is 1.90. The van der Waals surface area contributed by atoms with Gasteiger partial charge >= 0.3 is 0 Å². The summed E-state index contributed by atoms with van der Waals surface area (Å²) in [5, 5.41) is 3.17. The Morgan fingerprint density at radius 1 is 1.23 bits per heavy atom. The second kappa shape index (κ2) is 10.2. The molecule has 4 nitrogen and oxygen atoms in total. The van der Waals surface area contributed by atoms with Crippen LogP contribution in [-0.4, -0.2) is 40.7 Å². The van der Waals surface area contributed by atoms with E-state index in [0.29, 0.717) is 23.0 Å². The zero-order valence-electron chi connectivity index (χ0n) is 17.7. The average molecular weight is 467 g/mol. The van der Waals surface area contributed by atoms with Crippen molar-refractivity contribution in [2.45, 2.75) is 58.5 Å². The molecule has 30 heavy (non-hydrogen) atoms. The second-order valence-electron chi connectivity index (χ2n) is 7.92. The van der Waals surface area contributed by atoms with Gasteiger partial charge in [0.2, 0.25) is 11.8 Å². The molecule has 0 N–H and O–H groups in total. The number of unbranched alkanes of at least 4 members (excludes halogenated alkanes) is 1. The fraction of sp³-hybridized carbons (Fsp3) is 0.478. The molecule has 1 atom stereocenters. The van der Waals surface area contributed by atoms with Crippen molar-refractivity contribution < 1.29 is 9.59 Å². The number of nitrogens with zero attached hydrogens (tertiary/aromatic N) is 2. The van der Waals surface area contributed by atoms with E-state index in [0.717, 1.165) is 30.4 Å². The van der Waals surface area contributed by atoms with Gasteiger partial charge in [0.15, 0.2) is 0 Å². The van der Waals surface area contributed by atoms with Crippen molar-refractivity contribution in [3.63, 3.8) is 0 Å². The molecule has 7 heteroatoms. The van der Waals surface area contributed by atoms with Gasteiger partial charge < -0.3 is 9.80 Å². The summed E-state index contributed by atoms with van der Waals surface area (Å²) in [5.74, 6) is -0.0177. The van der Waals surface area contributed by atoms with Crippen LogP contribution in [0.3, 0.4) is 0 Å². The molecule has 3 rings (SSSR count). The van der Waals surface area contributed by atoms with Crippen molar-refractivity contribution >= 4 is 46.4 Å². The largest absolute Gasteiger partial charge is 0.331 e. The number of amides is 2. The zero-order chi connectivity index (χ0) is 21.8. The van der Waals surface area contributed by atoms with E-state index in [1.165, 1.54) is 4.88 Å². The maximum Gasteiger partial charge on any atom is 0.243 e. The van der Waals surface area contributed by atoms with Crippen molar-refractivity contribution in [2.75, 3.05) is 13.1 Å². The summed E-state index contributed by atoms with van der Waals surface area (Å²) in [7, 11) is 0. The molecule has 0 unspecified atom stereocenters. The minimum Gasteiger partial charge on any atom is -0.331 e. The van der Waals surface area contributed by atoms with E-state index < -0.39 is 0 Å². The molecule has 1 aromatic heterocycles. The van der Waals surface area contributed by atoms with Gasteiger partial charge in [0.05, 0.1) is 6.04 Å². The lowest BCUT2D eigenvalue weighted by atomic mass is 9.93. The fourth-order valence-electron chi connectivity index (χ4n) is 3.91. The van der Waals surface area contributed by atoms with Crippen molar-refractivity contribution in [1.29, 1.82) is 0 Å². The van der Waals surface area contributed by atoms with E-state index in [9.17, 15) is 9.59 Å². The highest BCUT2D eigenvalue weighted by molar-refractivity contribution is 7.10. The first-order valence-electron chi connectivity index (χ1n) is 10.4. The summed E-state index contributed by atoms with van der Waals surface area (Å²) in [4.78, 5) is 31.0. The third-order valence-electron chi connectivity index (χ3n) is 5.54. The minimum absolute atomic E-state index is 0.0302. The lowest BCUT2D eigenvalue weighted by Crippen LogP contribution is -2.48. The van der Waals surface area contributed by atoms with Gasteiger partial charge in [-0.1, -0.05) is 42.6 Å². The Morgan fingerprint density at radius 3 is 2.67 bits per heavy atom. The number of fused-ring (bicyclic) bond motifs is 1. The fourth-order valence-corrected chi connectivity index (χ4v) is 5.33. The second-order valence-corrected chi connectivity index (χ2v) is 9.77. The highest BCUT2D eigenvalue weighted by Gasteiger charge is 2.35. The molecule has 0 saturated carbocycles. The Morgan fingerprint density at radius 2 is 2.00 bits per heavy atom. The molecule has 0 radical (unpaired) electrons. The molecule has 162 valence electrons. The minimum atomic E-state index is -0.267. The molecular weight excluding hydrogens is 439 g/mol. The van der Waals surface area contributed by atoms with Crippen LogP contribution in [-0.2, 0) is 16.0 Å². The number of thiophene rings is 1. The maximum atomic E-state index is 13.5. The molecule has 1 aliphatic heterocycles. The van der Waals surface area contributed by atoms with Gasteiger partial charge in [0, 0.05) is 33.9 Å². The van der Waals surface area contributed by atoms with Crippen LogP contribution in [0.25, 0.3) is 0 Å². The Hall–Kier alpha value is -1.56. The first kappa shape index (κ1) is 23.1. The first-order chi connectivity index (χ1) is 14.3. The van der Waals surface area contributed by atoms with Gasteiger partial charge in [-0.15, -0.1) is 11.3 Å². The zero-order valence-corrected chi connectivity index (χ0v) is 20.0. The third kappa shape index (κ3) is 5.01. The number of carbonyl (C=O) groups is 2. The monoisotopic (exact) mass is 466 g/mol. The van der Waals surface area contributed by atoms with Crippen LogP contribution >= 0.6 is 34.5 Å². The molecule has 2 aromatic rings. The summed E-state index contributed by atoms with van der Waals surface area (Å²) in [6, 6.07) is 7.20. The standard InChI is InChI=1S/C23H28Cl2N2O2S/c1-4-5-6-21(28)27(15(2)3)14-22(29)26-11-9-20-18(10-12-30-20)23(26)17-8-7-16(24)13-19(17)25/h7-8,10,12-13,15,23H,4-6,9,11,14H2,1-3H3/t23-/m1/s1. The third-order valence-corrected chi connectivity index (χ3v) is 7.10. The number of hydrogen-bond donors (Lipinski definition) is 0. The van der Waals surface area contributed by atoms with Gasteiger partial charge in [-0.05, 0) is 61.4 Å². The predicted molar refractivity (Wildman–Crippen MR) is 124 cm³/mol. The molecule has 2 heterocycles. The summed E-state index contributed by atoms with van der Waals surface area (Å²) < 4.78 is 0. The van der Waals surface area contributed by atoms with E-state index in [-0.39, 0.29) is 30.4 Å². The molecule has 0 saturated heterocycles. The molecular formula is C23H28Cl2N2O2S. The number of carbonyl (C=O) groups excluding carboxylic acids is 2. The highest BCUT2D eigenvalue weighted by atomic mass is 35.5. The van der Waals surface area contributed by atoms with Crippen molar-refractivity contribution in [3.05, 3.63) is 55.7 Å². The van der Waals surface area contributed by atoms with E-state index in [1.54, 1.807) is 28.4 Å². The summed E-state index contributed by atoms with van der Waals surface area (Å²) in [5.41, 5.74) is 1.97. The van der Waals surface area contributed by atoms with Crippen LogP contribution < -0.4 is 0 Å². The summed E-state index contributed by atoms with van der Waals surface area (Å²) in [6.07, 6.45) is 3.08. The van der Waals surface area contributed by atoms with Crippen LogP contribution in [0.1, 0.15) is 62.1 Å². The van der Waals surface area contributed by atoms with Gasteiger partial charge in [-0.3, -0.25) is 9.59 Å².